The molecule has 0 radical (unpaired) electrons. The Labute approximate surface area is 86.7 Å². The Balaban J connectivity index is 4.23. The van der Waals surface area contributed by atoms with Crippen LogP contribution >= 0.6 is 24.8 Å². The lowest BCUT2D eigenvalue weighted by Gasteiger charge is -2.33. The molecule has 0 unspecified atom stereocenters. The zero-order valence-electron chi connectivity index (χ0n) is 8.18. The van der Waals surface area contributed by atoms with Gasteiger partial charge in [0.15, 0.2) is 0 Å². The zero-order valence-corrected chi connectivity index (χ0v) is 9.89. The standard InChI is InChI=1S/C9H19NS2/c1-4-7-9(5-2,6-3)10-8(11)12/h4-7H2,1-3H3,(H2,10,11,12). The van der Waals surface area contributed by atoms with Crippen molar-refractivity contribution < 1.29 is 0 Å². The third-order valence-corrected chi connectivity index (χ3v) is 2.67. The zero-order chi connectivity index (χ0) is 9.61. The number of hydrogen-bond acceptors (Lipinski definition) is 1. The Hall–Kier alpha value is 0.240. The van der Waals surface area contributed by atoms with Gasteiger partial charge in [0.05, 0.1) is 0 Å². The van der Waals surface area contributed by atoms with Gasteiger partial charge in [-0.25, -0.2) is 0 Å². The highest BCUT2D eigenvalue weighted by molar-refractivity contribution is 8.11. The van der Waals surface area contributed by atoms with Crippen molar-refractivity contribution >= 4 is 29.2 Å². The summed E-state index contributed by atoms with van der Waals surface area (Å²) >= 11 is 9.06. The fraction of sp³-hybridized carbons (Fsp3) is 0.889. The van der Waals surface area contributed by atoms with Gasteiger partial charge in [0, 0.05) is 5.54 Å². The number of hydrogen-bond donors (Lipinski definition) is 2. The first kappa shape index (κ1) is 12.2. The van der Waals surface area contributed by atoms with Gasteiger partial charge >= 0.3 is 0 Å². The number of nitrogens with one attached hydrogen (secondary N) is 1. The van der Waals surface area contributed by atoms with Crippen LogP contribution in [-0.4, -0.2) is 9.86 Å². The molecular formula is C9H19NS2. The first-order valence-corrected chi connectivity index (χ1v) is 5.47. The summed E-state index contributed by atoms with van der Waals surface area (Å²) in [6, 6.07) is 0. The maximum Gasteiger partial charge on any atom is 0.131 e. The van der Waals surface area contributed by atoms with Gasteiger partial charge in [0.2, 0.25) is 0 Å². The molecule has 0 fully saturated rings. The summed E-state index contributed by atoms with van der Waals surface area (Å²) in [6.07, 6.45) is 4.57. The molecule has 0 aromatic rings. The molecule has 0 bridgehead atoms. The second kappa shape index (κ2) is 5.81. The topological polar surface area (TPSA) is 12.0 Å². The van der Waals surface area contributed by atoms with Crippen molar-refractivity contribution in [1.29, 1.82) is 0 Å². The Kier molecular flexibility index (Phi) is 5.93. The molecule has 0 saturated heterocycles. The first-order valence-electron chi connectivity index (χ1n) is 4.61. The van der Waals surface area contributed by atoms with Gasteiger partial charge in [-0.2, -0.15) is 0 Å². The van der Waals surface area contributed by atoms with Crippen LogP contribution in [0.4, 0.5) is 0 Å². The summed E-state index contributed by atoms with van der Waals surface area (Å²) in [4.78, 5) is 0. The second-order valence-corrected chi connectivity index (χ2v) is 4.33. The Morgan fingerprint density at radius 2 is 1.83 bits per heavy atom. The summed E-state index contributed by atoms with van der Waals surface area (Å²) in [7, 11) is 0. The van der Waals surface area contributed by atoms with E-state index in [0.29, 0.717) is 4.32 Å². The Morgan fingerprint density at radius 1 is 1.33 bits per heavy atom. The van der Waals surface area contributed by atoms with E-state index in [1.807, 2.05) is 0 Å². The van der Waals surface area contributed by atoms with Crippen molar-refractivity contribution in [3.8, 4) is 0 Å². The molecule has 0 atom stereocenters. The van der Waals surface area contributed by atoms with Gasteiger partial charge in [0.1, 0.15) is 4.32 Å². The summed E-state index contributed by atoms with van der Waals surface area (Å²) in [5.74, 6) is 0. The lowest BCUT2D eigenvalue weighted by Crippen LogP contribution is -2.45. The van der Waals surface area contributed by atoms with Gasteiger partial charge in [0.25, 0.3) is 0 Å². The molecular weight excluding hydrogens is 186 g/mol. The minimum atomic E-state index is 0.188. The van der Waals surface area contributed by atoms with E-state index in [2.05, 4.69) is 38.7 Å². The molecule has 0 amide bonds. The number of thiol groups is 1. The van der Waals surface area contributed by atoms with E-state index >= 15 is 0 Å². The lowest BCUT2D eigenvalue weighted by molar-refractivity contribution is 0.326. The van der Waals surface area contributed by atoms with E-state index in [9.17, 15) is 0 Å². The smallest absolute Gasteiger partial charge is 0.131 e. The van der Waals surface area contributed by atoms with Crippen molar-refractivity contribution in [3.05, 3.63) is 0 Å². The molecule has 3 heteroatoms. The molecule has 0 heterocycles. The molecule has 0 aromatic carbocycles. The number of thiocarbonyl (C=S) groups is 1. The monoisotopic (exact) mass is 205 g/mol. The molecule has 12 heavy (non-hydrogen) atoms. The van der Waals surface area contributed by atoms with Gasteiger partial charge in [-0.05, 0) is 19.3 Å². The van der Waals surface area contributed by atoms with Crippen LogP contribution in [0.3, 0.4) is 0 Å². The molecule has 0 rings (SSSR count). The van der Waals surface area contributed by atoms with E-state index in [-0.39, 0.29) is 5.54 Å². The summed E-state index contributed by atoms with van der Waals surface area (Å²) in [5, 5.41) is 3.29. The predicted octanol–water partition coefficient (Wildman–Crippen LogP) is 3.15. The maximum absolute atomic E-state index is 4.94. The molecule has 72 valence electrons. The van der Waals surface area contributed by atoms with Gasteiger partial charge < -0.3 is 5.32 Å². The average molecular weight is 205 g/mol. The van der Waals surface area contributed by atoms with Crippen molar-refractivity contribution in [1.82, 2.24) is 5.32 Å². The van der Waals surface area contributed by atoms with Crippen LogP contribution in [0.1, 0.15) is 46.5 Å². The van der Waals surface area contributed by atoms with E-state index in [0.717, 1.165) is 12.8 Å². The SMILES string of the molecule is CCCC(CC)(CC)NC(=S)S. The minimum Gasteiger partial charge on any atom is -0.366 e. The quantitative estimate of drug-likeness (QED) is 0.528. The highest BCUT2D eigenvalue weighted by Gasteiger charge is 2.24. The third-order valence-electron chi connectivity index (χ3n) is 2.45. The Morgan fingerprint density at radius 3 is 2.08 bits per heavy atom. The highest BCUT2D eigenvalue weighted by atomic mass is 32.1. The molecule has 0 spiro atoms. The van der Waals surface area contributed by atoms with E-state index < -0.39 is 0 Å². The molecule has 1 N–H and O–H groups in total. The molecule has 0 aliphatic rings. The van der Waals surface area contributed by atoms with E-state index in [4.69, 9.17) is 12.2 Å². The summed E-state index contributed by atoms with van der Waals surface area (Å²) in [5.41, 5.74) is 0.188. The van der Waals surface area contributed by atoms with Gasteiger partial charge in [-0.15, -0.1) is 12.6 Å². The fourth-order valence-corrected chi connectivity index (χ4v) is 2.00. The van der Waals surface area contributed by atoms with Crippen molar-refractivity contribution in [2.24, 2.45) is 0 Å². The third kappa shape index (κ3) is 3.76. The predicted molar refractivity (Wildman–Crippen MR) is 62.9 cm³/mol. The van der Waals surface area contributed by atoms with Crippen LogP contribution < -0.4 is 5.32 Å². The van der Waals surface area contributed by atoms with E-state index in [1.165, 1.54) is 12.8 Å². The normalized spacial score (nSPS) is 11.3. The van der Waals surface area contributed by atoms with Crippen LogP contribution in [0, 0.1) is 0 Å². The first-order chi connectivity index (χ1) is 5.60. The van der Waals surface area contributed by atoms with Crippen molar-refractivity contribution in [2.75, 3.05) is 0 Å². The Bertz CT molecular complexity index is 141. The average Bonchev–Trinajstić information content (AvgIpc) is 2.03. The maximum atomic E-state index is 4.94. The molecule has 0 aromatic heterocycles. The van der Waals surface area contributed by atoms with Crippen molar-refractivity contribution in [3.63, 3.8) is 0 Å². The van der Waals surface area contributed by atoms with Crippen LogP contribution in [0.25, 0.3) is 0 Å². The summed E-state index contributed by atoms with van der Waals surface area (Å²) in [6.45, 7) is 6.58. The molecule has 0 aliphatic heterocycles. The van der Waals surface area contributed by atoms with Crippen LogP contribution in [0.2, 0.25) is 0 Å². The van der Waals surface area contributed by atoms with Gasteiger partial charge in [-0.3, -0.25) is 0 Å². The van der Waals surface area contributed by atoms with Gasteiger partial charge in [-0.1, -0.05) is 39.4 Å². The largest absolute Gasteiger partial charge is 0.366 e. The van der Waals surface area contributed by atoms with Crippen LogP contribution in [0.5, 0.6) is 0 Å². The highest BCUT2D eigenvalue weighted by Crippen LogP contribution is 2.21. The number of rotatable bonds is 5. The summed E-state index contributed by atoms with van der Waals surface area (Å²) < 4.78 is 0.618. The molecule has 1 nitrogen and oxygen atoms in total. The van der Waals surface area contributed by atoms with Crippen molar-refractivity contribution in [2.45, 2.75) is 52.0 Å². The second-order valence-electron chi connectivity index (χ2n) is 3.17. The molecule has 0 aliphatic carbocycles. The van der Waals surface area contributed by atoms with Crippen LogP contribution in [-0.2, 0) is 0 Å². The minimum absolute atomic E-state index is 0.188. The van der Waals surface area contributed by atoms with Crippen LogP contribution in [0.15, 0.2) is 0 Å². The lowest BCUT2D eigenvalue weighted by atomic mass is 9.88. The fourth-order valence-electron chi connectivity index (χ4n) is 1.55. The molecule has 0 saturated carbocycles. The van der Waals surface area contributed by atoms with E-state index in [1.54, 1.807) is 0 Å².